The molecule has 2 rings (SSSR count). The number of nitrogens with one attached hydrogen (secondary N) is 2. The number of nitriles is 2. The second kappa shape index (κ2) is 9.66. The number of amides is 1. The van der Waals surface area contributed by atoms with Crippen molar-refractivity contribution in [3.05, 3.63) is 71.4 Å². The van der Waals surface area contributed by atoms with E-state index in [0.29, 0.717) is 16.9 Å². The fourth-order valence-electron chi connectivity index (χ4n) is 2.34. The summed E-state index contributed by atoms with van der Waals surface area (Å²) in [5.41, 5.74) is 2.75. The molecule has 1 amide bonds. The van der Waals surface area contributed by atoms with Crippen molar-refractivity contribution in [2.45, 2.75) is 26.2 Å². The van der Waals surface area contributed by atoms with Crippen molar-refractivity contribution in [1.82, 2.24) is 0 Å². The lowest BCUT2D eigenvalue weighted by atomic mass is 10.1. The molecule has 0 saturated heterocycles. The molecule has 0 aliphatic heterocycles. The third-order valence-corrected chi connectivity index (χ3v) is 3.82. The molecular formula is C21H20N4O. The average molecular weight is 344 g/mol. The molecule has 0 aromatic heterocycles. The number of unbranched alkanes of at least 4 members (excludes halogenated alkanes) is 1. The van der Waals surface area contributed by atoms with Crippen LogP contribution in [0.15, 0.2) is 60.3 Å². The molecule has 0 spiro atoms. The fraction of sp³-hybridized carbons (Fsp3) is 0.190. The van der Waals surface area contributed by atoms with Crippen molar-refractivity contribution in [2.75, 3.05) is 10.6 Å². The number of carbonyl (C=O) groups is 1. The minimum absolute atomic E-state index is 0.0761. The summed E-state index contributed by atoms with van der Waals surface area (Å²) in [5.74, 6) is -0.504. The number of benzene rings is 2. The number of hydrogen-bond acceptors (Lipinski definition) is 4. The normalized spacial score (nSPS) is 10.5. The fourth-order valence-corrected chi connectivity index (χ4v) is 2.34. The summed E-state index contributed by atoms with van der Waals surface area (Å²) >= 11 is 0. The first kappa shape index (κ1) is 18.8. The minimum atomic E-state index is -0.504. The van der Waals surface area contributed by atoms with Crippen LogP contribution >= 0.6 is 0 Å². The van der Waals surface area contributed by atoms with Crippen molar-refractivity contribution < 1.29 is 4.79 Å². The lowest BCUT2D eigenvalue weighted by Crippen LogP contribution is -2.14. The number of aryl methyl sites for hydroxylation is 1. The van der Waals surface area contributed by atoms with E-state index in [-0.39, 0.29) is 5.57 Å². The van der Waals surface area contributed by atoms with Crippen molar-refractivity contribution in [3.8, 4) is 12.1 Å². The molecule has 0 radical (unpaired) electrons. The highest BCUT2D eigenvalue weighted by Gasteiger charge is 2.10. The van der Waals surface area contributed by atoms with Gasteiger partial charge in [-0.1, -0.05) is 37.6 Å². The first-order chi connectivity index (χ1) is 12.7. The van der Waals surface area contributed by atoms with Gasteiger partial charge in [-0.25, -0.2) is 0 Å². The van der Waals surface area contributed by atoms with Crippen LogP contribution in [0.25, 0.3) is 0 Å². The monoisotopic (exact) mass is 344 g/mol. The van der Waals surface area contributed by atoms with Gasteiger partial charge in [-0.2, -0.15) is 10.5 Å². The molecule has 0 atom stereocenters. The zero-order valence-corrected chi connectivity index (χ0v) is 14.6. The largest absolute Gasteiger partial charge is 0.359 e. The van der Waals surface area contributed by atoms with Gasteiger partial charge in [-0.3, -0.25) is 4.79 Å². The third-order valence-electron chi connectivity index (χ3n) is 3.82. The van der Waals surface area contributed by atoms with Gasteiger partial charge in [0.2, 0.25) is 0 Å². The molecular weight excluding hydrogens is 324 g/mol. The Balaban J connectivity index is 2.04. The summed E-state index contributed by atoms with van der Waals surface area (Å²) in [6, 6.07) is 18.4. The maximum atomic E-state index is 12.3. The number of para-hydroxylation sites is 1. The van der Waals surface area contributed by atoms with Crippen LogP contribution in [0.3, 0.4) is 0 Å². The first-order valence-corrected chi connectivity index (χ1v) is 8.44. The van der Waals surface area contributed by atoms with Gasteiger partial charge in [0.15, 0.2) is 0 Å². The minimum Gasteiger partial charge on any atom is -0.359 e. The number of hydrogen-bond donors (Lipinski definition) is 2. The van der Waals surface area contributed by atoms with Crippen molar-refractivity contribution in [3.63, 3.8) is 0 Å². The highest BCUT2D eigenvalue weighted by atomic mass is 16.1. The van der Waals surface area contributed by atoms with Crippen LogP contribution in [0, 0.1) is 22.7 Å². The van der Waals surface area contributed by atoms with Gasteiger partial charge in [0.1, 0.15) is 17.7 Å². The van der Waals surface area contributed by atoms with Crippen LogP contribution in [-0.2, 0) is 11.2 Å². The highest BCUT2D eigenvalue weighted by Crippen LogP contribution is 2.15. The molecule has 26 heavy (non-hydrogen) atoms. The van der Waals surface area contributed by atoms with Gasteiger partial charge >= 0.3 is 0 Å². The Morgan fingerprint density at radius 1 is 1.12 bits per heavy atom. The lowest BCUT2D eigenvalue weighted by molar-refractivity contribution is -0.112. The predicted molar refractivity (Wildman–Crippen MR) is 102 cm³/mol. The van der Waals surface area contributed by atoms with Gasteiger partial charge < -0.3 is 10.6 Å². The van der Waals surface area contributed by atoms with Crippen molar-refractivity contribution in [2.24, 2.45) is 0 Å². The van der Waals surface area contributed by atoms with Gasteiger partial charge in [-0.05, 0) is 42.7 Å². The van der Waals surface area contributed by atoms with Crippen LogP contribution in [0.1, 0.15) is 30.9 Å². The second-order valence-corrected chi connectivity index (χ2v) is 5.73. The van der Waals surface area contributed by atoms with Crippen LogP contribution in [0.2, 0.25) is 0 Å². The molecule has 2 aromatic carbocycles. The average Bonchev–Trinajstić information content (AvgIpc) is 2.68. The molecule has 0 fully saturated rings. The first-order valence-electron chi connectivity index (χ1n) is 8.44. The maximum absolute atomic E-state index is 12.3. The molecule has 0 saturated carbocycles. The summed E-state index contributed by atoms with van der Waals surface area (Å²) in [5, 5.41) is 23.9. The Morgan fingerprint density at radius 3 is 2.50 bits per heavy atom. The van der Waals surface area contributed by atoms with Crippen LogP contribution in [0.5, 0.6) is 0 Å². The highest BCUT2D eigenvalue weighted by molar-refractivity contribution is 6.06. The van der Waals surface area contributed by atoms with Crippen LogP contribution < -0.4 is 10.6 Å². The summed E-state index contributed by atoms with van der Waals surface area (Å²) in [7, 11) is 0. The van der Waals surface area contributed by atoms with E-state index >= 15 is 0 Å². The van der Waals surface area contributed by atoms with E-state index in [4.69, 9.17) is 5.26 Å². The molecule has 5 nitrogen and oxygen atoms in total. The molecule has 0 heterocycles. The number of rotatable bonds is 7. The second-order valence-electron chi connectivity index (χ2n) is 5.73. The van der Waals surface area contributed by atoms with Crippen molar-refractivity contribution in [1.29, 1.82) is 10.5 Å². The number of anilines is 2. The summed E-state index contributed by atoms with van der Waals surface area (Å²) < 4.78 is 0. The van der Waals surface area contributed by atoms with Gasteiger partial charge in [0, 0.05) is 11.9 Å². The Kier molecular flexibility index (Phi) is 6.97. The Labute approximate surface area is 153 Å². The maximum Gasteiger partial charge on any atom is 0.267 e. The summed E-state index contributed by atoms with van der Waals surface area (Å²) in [4.78, 5) is 12.3. The smallest absolute Gasteiger partial charge is 0.267 e. The predicted octanol–water partition coefficient (Wildman–Crippen LogP) is 4.36. The third kappa shape index (κ3) is 5.22. The molecule has 5 heteroatoms. The SMILES string of the molecule is CCCCc1ccc(NC(=O)/C(C#N)=C\Nc2ccccc2C#N)cc1. The molecule has 2 aromatic rings. The summed E-state index contributed by atoms with van der Waals surface area (Å²) in [6.45, 7) is 2.15. The van der Waals surface area contributed by atoms with E-state index in [1.54, 1.807) is 24.3 Å². The molecule has 130 valence electrons. The topological polar surface area (TPSA) is 88.7 Å². The Bertz CT molecular complexity index is 870. The zero-order chi connectivity index (χ0) is 18.8. The van der Waals surface area contributed by atoms with E-state index in [9.17, 15) is 10.1 Å². The molecule has 0 aliphatic carbocycles. The molecule has 0 bridgehead atoms. The van der Waals surface area contributed by atoms with E-state index < -0.39 is 5.91 Å². The van der Waals surface area contributed by atoms with Crippen LogP contribution in [-0.4, -0.2) is 5.91 Å². The Morgan fingerprint density at radius 2 is 1.85 bits per heavy atom. The number of carbonyl (C=O) groups excluding carboxylic acids is 1. The van der Waals surface area contributed by atoms with Crippen LogP contribution in [0.4, 0.5) is 11.4 Å². The quantitative estimate of drug-likeness (QED) is 0.577. The zero-order valence-electron chi connectivity index (χ0n) is 14.6. The van der Waals surface area contributed by atoms with E-state index in [2.05, 4.69) is 23.6 Å². The molecule has 0 aliphatic rings. The van der Waals surface area contributed by atoms with Gasteiger partial charge in [-0.15, -0.1) is 0 Å². The standard InChI is InChI=1S/C21H20N4O/c1-2-3-6-16-9-11-19(12-10-16)25-21(26)18(14-23)15-24-20-8-5-4-7-17(20)13-22/h4-5,7-12,15,24H,2-3,6H2,1H3,(H,25,26)/b18-15-. The van der Waals surface area contributed by atoms with Gasteiger partial charge in [0.25, 0.3) is 5.91 Å². The van der Waals surface area contributed by atoms with E-state index in [0.717, 1.165) is 19.3 Å². The Hall–Kier alpha value is -3.57. The van der Waals surface area contributed by atoms with Crippen molar-refractivity contribution >= 4 is 17.3 Å². The lowest BCUT2D eigenvalue weighted by Gasteiger charge is -2.07. The number of nitrogens with zero attached hydrogens (tertiary/aromatic N) is 2. The summed E-state index contributed by atoms with van der Waals surface area (Å²) in [6.07, 6.45) is 4.58. The van der Waals surface area contributed by atoms with E-state index in [1.165, 1.54) is 11.8 Å². The van der Waals surface area contributed by atoms with Gasteiger partial charge in [0.05, 0.1) is 11.3 Å². The van der Waals surface area contributed by atoms with E-state index in [1.807, 2.05) is 30.3 Å². The molecule has 2 N–H and O–H groups in total. The molecule has 0 unspecified atom stereocenters.